The van der Waals surface area contributed by atoms with E-state index in [0.717, 1.165) is 12.3 Å². The summed E-state index contributed by atoms with van der Waals surface area (Å²) in [6.07, 6.45) is 3.82. The predicted molar refractivity (Wildman–Crippen MR) is 84.8 cm³/mol. The minimum atomic E-state index is 0.0378. The molecule has 3 heteroatoms. The summed E-state index contributed by atoms with van der Waals surface area (Å²) in [5, 5.41) is 0.648. The van der Waals surface area contributed by atoms with Gasteiger partial charge in [0.25, 0.3) is 0 Å². The summed E-state index contributed by atoms with van der Waals surface area (Å²) in [4.78, 5) is 12.2. The Bertz CT molecular complexity index is 549. The lowest BCUT2D eigenvalue weighted by Gasteiger charge is -2.38. The van der Waals surface area contributed by atoms with Gasteiger partial charge >= 0.3 is 0 Å². The molecule has 21 heavy (non-hydrogen) atoms. The first-order valence-corrected chi connectivity index (χ1v) is 8.13. The molecule has 1 aromatic carbocycles. The highest BCUT2D eigenvalue weighted by atomic mass is 35.5. The molecule has 0 N–H and O–H groups in total. The van der Waals surface area contributed by atoms with Gasteiger partial charge in [-0.25, -0.2) is 0 Å². The third kappa shape index (κ3) is 2.33. The Balaban J connectivity index is 1.64. The largest absolute Gasteiger partial charge is 0.369 e. The van der Waals surface area contributed by atoms with Crippen LogP contribution >= 0.6 is 11.6 Å². The van der Waals surface area contributed by atoms with Gasteiger partial charge in [-0.2, -0.15) is 0 Å². The molecule has 1 aromatic rings. The van der Waals surface area contributed by atoms with Gasteiger partial charge in [-0.05, 0) is 60.3 Å². The van der Waals surface area contributed by atoms with Crippen molar-refractivity contribution in [1.82, 2.24) is 0 Å². The maximum absolute atomic E-state index is 12.2. The van der Waals surface area contributed by atoms with Crippen molar-refractivity contribution < 1.29 is 9.53 Å². The van der Waals surface area contributed by atoms with E-state index in [4.69, 9.17) is 16.3 Å². The molecule has 2 aliphatic rings. The van der Waals surface area contributed by atoms with Crippen LogP contribution in [0.15, 0.2) is 24.3 Å². The Morgan fingerprint density at radius 2 is 1.95 bits per heavy atom. The fourth-order valence-electron chi connectivity index (χ4n) is 4.28. The van der Waals surface area contributed by atoms with Gasteiger partial charge in [0.2, 0.25) is 0 Å². The average Bonchev–Trinajstić information content (AvgIpc) is 2.78. The van der Waals surface area contributed by atoms with Crippen LogP contribution in [0.3, 0.4) is 0 Å². The van der Waals surface area contributed by atoms with Crippen LogP contribution in [-0.4, -0.2) is 18.5 Å². The molecule has 2 bridgehead atoms. The molecule has 0 spiro atoms. The Kier molecular flexibility index (Phi) is 3.66. The summed E-state index contributed by atoms with van der Waals surface area (Å²) in [7, 11) is 0. The van der Waals surface area contributed by atoms with Crippen LogP contribution in [0, 0.1) is 16.7 Å². The van der Waals surface area contributed by atoms with Crippen molar-refractivity contribution in [2.75, 3.05) is 6.61 Å². The zero-order valence-electron chi connectivity index (χ0n) is 13.0. The van der Waals surface area contributed by atoms with Crippen LogP contribution in [0.2, 0.25) is 5.02 Å². The van der Waals surface area contributed by atoms with E-state index in [1.54, 1.807) is 24.3 Å². The molecule has 0 aromatic heterocycles. The van der Waals surface area contributed by atoms with Gasteiger partial charge in [-0.15, -0.1) is 0 Å². The first kappa shape index (κ1) is 15.1. The molecule has 0 amide bonds. The molecule has 3 unspecified atom stereocenters. The lowest BCUT2D eigenvalue weighted by molar-refractivity contribution is -0.0390. The van der Waals surface area contributed by atoms with E-state index >= 15 is 0 Å². The Hall–Kier alpha value is -0.860. The first-order valence-electron chi connectivity index (χ1n) is 7.75. The lowest BCUT2D eigenvalue weighted by atomic mass is 9.70. The Labute approximate surface area is 131 Å². The van der Waals surface area contributed by atoms with Crippen LogP contribution in [0.25, 0.3) is 0 Å². The number of benzene rings is 1. The number of ketones is 1. The lowest BCUT2D eigenvalue weighted by Crippen LogP contribution is -2.38. The van der Waals surface area contributed by atoms with Crippen molar-refractivity contribution in [1.29, 1.82) is 0 Å². The predicted octanol–water partition coefficient (Wildman–Crippen LogP) is 4.75. The van der Waals surface area contributed by atoms with Crippen molar-refractivity contribution in [2.24, 2.45) is 16.7 Å². The van der Waals surface area contributed by atoms with E-state index in [-0.39, 0.29) is 23.9 Å². The molecule has 0 radical (unpaired) electrons. The molecule has 0 saturated heterocycles. The summed E-state index contributed by atoms with van der Waals surface area (Å²) >= 11 is 5.85. The van der Waals surface area contributed by atoms with Crippen molar-refractivity contribution in [2.45, 2.75) is 46.1 Å². The van der Waals surface area contributed by atoms with Crippen molar-refractivity contribution in [3.05, 3.63) is 34.9 Å². The van der Waals surface area contributed by atoms with E-state index in [1.807, 2.05) is 0 Å². The number of hydrogen-bond acceptors (Lipinski definition) is 2. The summed E-state index contributed by atoms with van der Waals surface area (Å²) in [5.41, 5.74) is 1.20. The van der Waals surface area contributed by atoms with Crippen molar-refractivity contribution in [3.63, 3.8) is 0 Å². The zero-order chi connectivity index (χ0) is 15.3. The van der Waals surface area contributed by atoms with Gasteiger partial charge in [0.1, 0.15) is 6.61 Å². The second-order valence-corrected chi connectivity index (χ2v) is 7.78. The van der Waals surface area contributed by atoms with Gasteiger partial charge in [-0.3, -0.25) is 4.79 Å². The molecule has 2 saturated carbocycles. The van der Waals surface area contributed by atoms with E-state index < -0.39 is 0 Å². The minimum Gasteiger partial charge on any atom is -0.369 e. The van der Waals surface area contributed by atoms with Crippen molar-refractivity contribution >= 4 is 17.4 Å². The molecule has 2 fully saturated rings. The highest BCUT2D eigenvalue weighted by molar-refractivity contribution is 6.30. The quantitative estimate of drug-likeness (QED) is 0.750. The smallest absolute Gasteiger partial charge is 0.188 e. The summed E-state index contributed by atoms with van der Waals surface area (Å²) < 4.78 is 6.04. The van der Waals surface area contributed by atoms with Crippen molar-refractivity contribution in [3.8, 4) is 0 Å². The third-order valence-electron chi connectivity index (χ3n) is 6.30. The van der Waals surface area contributed by atoms with Gasteiger partial charge in [0.05, 0.1) is 6.10 Å². The van der Waals surface area contributed by atoms with E-state index in [1.165, 1.54) is 12.8 Å². The van der Waals surface area contributed by atoms with Gasteiger partial charge in [0, 0.05) is 10.6 Å². The molecule has 0 heterocycles. The highest BCUT2D eigenvalue weighted by Crippen LogP contribution is 2.66. The van der Waals surface area contributed by atoms with Crippen LogP contribution in [0.5, 0.6) is 0 Å². The van der Waals surface area contributed by atoms with Gasteiger partial charge < -0.3 is 4.74 Å². The number of carbonyl (C=O) groups is 1. The molecule has 2 nitrogen and oxygen atoms in total. The maximum Gasteiger partial charge on any atom is 0.188 e. The summed E-state index contributed by atoms with van der Waals surface area (Å²) in [5.74, 6) is 0.772. The third-order valence-corrected chi connectivity index (χ3v) is 6.55. The van der Waals surface area contributed by atoms with E-state index in [9.17, 15) is 4.79 Å². The SMILES string of the molecule is CC1(C)C2CCC1(C)C(OCC(=O)c1ccc(Cl)cc1)C2. The average molecular weight is 307 g/mol. The number of carbonyl (C=O) groups excluding carboxylic acids is 1. The van der Waals surface area contributed by atoms with Crippen LogP contribution in [-0.2, 0) is 4.74 Å². The minimum absolute atomic E-state index is 0.0378. The number of hydrogen-bond donors (Lipinski definition) is 0. The summed E-state index contributed by atoms with van der Waals surface area (Å²) in [6, 6.07) is 7.02. The second-order valence-electron chi connectivity index (χ2n) is 7.34. The molecular weight excluding hydrogens is 284 g/mol. The number of fused-ring (bicyclic) bond motifs is 2. The normalized spacial score (nSPS) is 33.3. The van der Waals surface area contributed by atoms with Crippen LogP contribution < -0.4 is 0 Å². The number of ether oxygens (including phenoxy) is 1. The maximum atomic E-state index is 12.2. The number of Topliss-reactive ketones (excluding diaryl/α,β-unsaturated/α-hetero) is 1. The Morgan fingerprint density at radius 3 is 2.48 bits per heavy atom. The molecular formula is C18H23ClO2. The molecule has 0 aliphatic heterocycles. The summed E-state index contributed by atoms with van der Waals surface area (Å²) in [6.45, 7) is 7.21. The fourth-order valence-corrected chi connectivity index (χ4v) is 4.40. The monoisotopic (exact) mass is 306 g/mol. The molecule has 3 rings (SSSR count). The standard InChI is InChI=1S/C18H23ClO2/c1-17(2)13-8-9-18(17,3)16(10-13)21-11-15(20)12-4-6-14(19)7-5-12/h4-7,13,16H,8-11H2,1-3H3. The molecule has 114 valence electrons. The fraction of sp³-hybridized carbons (Fsp3) is 0.611. The molecule has 3 atom stereocenters. The number of rotatable bonds is 4. The number of halogens is 1. The Morgan fingerprint density at radius 1 is 1.29 bits per heavy atom. The highest BCUT2D eigenvalue weighted by Gasteiger charge is 2.61. The first-order chi connectivity index (χ1) is 9.84. The molecule has 2 aliphatic carbocycles. The zero-order valence-corrected chi connectivity index (χ0v) is 13.7. The van der Waals surface area contributed by atoms with E-state index in [0.29, 0.717) is 16.0 Å². The van der Waals surface area contributed by atoms with Crippen LogP contribution in [0.4, 0.5) is 0 Å². The van der Waals surface area contributed by atoms with Gasteiger partial charge in [-0.1, -0.05) is 32.4 Å². The topological polar surface area (TPSA) is 26.3 Å². The van der Waals surface area contributed by atoms with Crippen LogP contribution in [0.1, 0.15) is 50.4 Å². The second kappa shape index (κ2) is 5.10. The van der Waals surface area contributed by atoms with E-state index in [2.05, 4.69) is 20.8 Å². The van der Waals surface area contributed by atoms with Gasteiger partial charge in [0.15, 0.2) is 5.78 Å².